The summed E-state index contributed by atoms with van der Waals surface area (Å²) in [7, 11) is 0. The third kappa shape index (κ3) is 1.25. The Bertz CT molecular complexity index is 463. The Morgan fingerprint density at radius 1 is 1.29 bits per heavy atom. The van der Waals surface area contributed by atoms with Crippen LogP contribution in [0, 0.1) is 0 Å². The maximum absolute atomic E-state index is 5.84. The lowest BCUT2D eigenvalue weighted by Crippen LogP contribution is -2.20. The zero-order valence-electron chi connectivity index (χ0n) is 8.78. The second-order valence-corrected chi connectivity index (χ2v) is 4.50. The number of nitrogen functional groups attached to an aromatic ring is 1. The molecular formula is C11H15N3. The molecule has 0 aliphatic carbocycles. The standard InChI is InChI=1S/C11H15N3/c1-11(2,3)14-7-13-10-8(12)5-4-6-9(10)14/h4-7H,12H2,1-3H3. The number of para-hydroxylation sites is 1. The third-order valence-electron chi connectivity index (χ3n) is 2.33. The van der Waals surface area contributed by atoms with Gasteiger partial charge in [-0.3, -0.25) is 0 Å². The van der Waals surface area contributed by atoms with Gasteiger partial charge in [0.15, 0.2) is 0 Å². The fraction of sp³-hybridized carbons (Fsp3) is 0.364. The molecule has 1 aromatic heterocycles. The minimum absolute atomic E-state index is 0.0442. The van der Waals surface area contributed by atoms with E-state index in [0.29, 0.717) is 0 Å². The second-order valence-electron chi connectivity index (χ2n) is 4.50. The Kier molecular flexibility index (Phi) is 1.77. The Balaban J connectivity index is 2.76. The van der Waals surface area contributed by atoms with Gasteiger partial charge in [0.05, 0.1) is 17.5 Å². The van der Waals surface area contributed by atoms with Crippen LogP contribution in [0.5, 0.6) is 0 Å². The van der Waals surface area contributed by atoms with Crippen LogP contribution in [-0.4, -0.2) is 9.55 Å². The molecule has 0 saturated carbocycles. The summed E-state index contributed by atoms with van der Waals surface area (Å²) in [5, 5.41) is 0. The highest BCUT2D eigenvalue weighted by Gasteiger charge is 2.16. The molecule has 3 heteroatoms. The van der Waals surface area contributed by atoms with Crippen LogP contribution >= 0.6 is 0 Å². The van der Waals surface area contributed by atoms with Crippen LogP contribution in [0.1, 0.15) is 20.8 Å². The maximum atomic E-state index is 5.84. The van der Waals surface area contributed by atoms with Crippen LogP contribution in [0.4, 0.5) is 5.69 Å². The van der Waals surface area contributed by atoms with E-state index < -0.39 is 0 Å². The number of anilines is 1. The van der Waals surface area contributed by atoms with Gasteiger partial charge in [0.1, 0.15) is 5.52 Å². The molecule has 0 spiro atoms. The van der Waals surface area contributed by atoms with E-state index in [1.807, 2.05) is 24.5 Å². The van der Waals surface area contributed by atoms with Crippen molar-refractivity contribution in [2.24, 2.45) is 0 Å². The highest BCUT2D eigenvalue weighted by atomic mass is 15.1. The van der Waals surface area contributed by atoms with Crippen LogP contribution in [0.15, 0.2) is 24.5 Å². The molecule has 0 amide bonds. The monoisotopic (exact) mass is 189 g/mol. The largest absolute Gasteiger partial charge is 0.397 e. The minimum Gasteiger partial charge on any atom is -0.397 e. The van der Waals surface area contributed by atoms with Crippen LogP contribution in [0.3, 0.4) is 0 Å². The normalized spacial score (nSPS) is 12.2. The van der Waals surface area contributed by atoms with Crippen molar-refractivity contribution in [3.63, 3.8) is 0 Å². The van der Waals surface area contributed by atoms with Crippen LogP contribution in [0.25, 0.3) is 11.0 Å². The Morgan fingerprint density at radius 2 is 2.00 bits per heavy atom. The van der Waals surface area contributed by atoms with E-state index in [4.69, 9.17) is 5.73 Å². The average Bonchev–Trinajstić information content (AvgIpc) is 2.47. The number of nitrogens with zero attached hydrogens (tertiary/aromatic N) is 2. The Hall–Kier alpha value is -1.51. The quantitative estimate of drug-likeness (QED) is 0.646. The van der Waals surface area contributed by atoms with Gasteiger partial charge < -0.3 is 10.3 Å². The van der Waals surface area contributed by atoms with Crippen molar-refractivity contribution in [3.8, 4) is 0 Å². The first-order valence-electron chi connectivity index (χ1n) is 4.72. The highest BCUT2D eigenvalue weighted by Crippen LogP contribution is 2.24. The van der Waals surface area contributed by atoms with E-state index >= 15 is 0 Å². The second kappa shape index (κ2) is 2.74. The van der Waals surface area contributed by atoms with E-state index in [1.165, 1.54) is 0 Å². The molecular weight excluding hydrogens is 174 g/mol. The number of hydrogen-bond donors (Lipinski definition) is 1. The maximum Gasteiger partial charge on any atom is 0.111 e. The van der Waals surface area contributed by atoms with Gasteiger partial charge in [-0.1, -0.05) is 6.07 Å². The van der Waals surface area contributed by atoms with Gasteiger partial charge in [0, 0.05) is 5.54 Å². The number of aromatic nitrogens is 2. The van der Waals surface area contributed by atoms with Crippen molar-refractivity contribution in [2.45, 2.75) is 26.3 Å². The lowest BCUT2D eigenvalue weighted by atomic mass is 10.1. The number of imidazole rings is 1. The molecule has 0 fully saturated rings. The van der Waals surface area contributed by atoms with Gasteiger partial charge in [0.25, 0.3) is 0 Å². The molecule has 2 rings (SSSR count). The van der Waals surface area contributed by atoms with E-state index in [-0.39, 0.29) is 5.54 Å². The molecule has 0 atom stereocenters. The fourth-order valence-corrected chi connectivity index (χ4v) is 1.60. The third-order valence-corrected chi connectivity index (χ3v) is 2.33. The number of hydrogen-bond acceptors (Lipinski definition) is 2. The molecule has 0 aliphatic heterocycles. The molecule has 2 N–H and O–H groups in total. The molecule has 0 saturated heterocycles. The Morgan fingerprint density at radius 3 is 2.64 bits per heavy atom. The summed E-state index contributed by atoms with van der Waals surface area (Å²) in [6, 6.07) is 5.88. The summed E-state index contributed by atoms with van der Waals surface area (Å²) in [4.78, 5) is 4.32. The SMILES string of the molecule is CC(C)(C)n1cnc2c(N)cccc21. The van der Waals surface area contributed by atoms with Crippen molar-refractivity contribution < 1.29 is 0 Å². The molecule has 74 valence electrons. The molecule has 0 unspecified atom stereocenters. The average molecular weight is 189 g/mol. The van der Waals surface area contributed by atoms with Crippen LogP contribution in [-0.2, 0) is 5.54 Å². The first kappa shape index (κ1) is 9.06. The van der Waals surface area contributed by atoms with Crippen LogP contribution in [0.2, 0.25) is 0 Å². The summed E-state index contributed by atoms with van der Waals surface area (Å²) >= 11 is 0. The molecule has 1 heterocycles. The van der Waals surface area contributed by atoms with Crippen molar-refractivity contribution in [1.29, 1.82) is 0 Å². The smallest absolute Gasteiger partial charge is 0.111 e. The number of benzene rings is 1. The number of nitrogens with two attached hydrogens (primary N) is 1. The lowest BCUT2D eigenvalue weighted by Gasteiger charge is -2.21. The van der Waals surface area contributed by atoms with Crippen LogP contribution < -0.4 is 5.73 Å². The van der Waals surface area contributed by atoms with E-state index in [9.17, 15) is 0 Å². The van der Waals surface area contributed by atoms with Crippen molar-refractivity contribution in [2.75, 3.05) is 5.73 Å². The minimum atomic E-state index is 0.0442. The number of fused-ring (bicyclic) bond motifs is 1. The summed E-state index contributed by atoms with van der Waals surface area (Å²) < 4.78 is 2.14. The highest BCUT2D eigenvalue weighted by molar-refractivity contribution is 5.87. The molecule has 0 bridgehead atoms. The van der Waals surface area contributed by atoms with Crippen molar-refractivity contribution >= 4 is 16.7 Å². The first-order chi connectivity index (χ1) is 6.50. The molecule has 3 nitrogen and oxygen atoms in total. The predicted octanol–water partition coefficient (Wildman–Crippen LogP) is 2.37. The van der Waals surface area contributed by atoms with E-state index in [1.54, 1.807) is 0 Å². The van der Waals surface area contributed by atoms with E-state index in [2.05, 4.69) is 30.3 Å². The van der Waals surface area contributed by atoms with Crippen molar-refractivity contribution in [3.05, 3.63) is 24.5 Å². The van der Waals surface area contributed by atoms with Gasteiger partial charge in [-0.2, -0.15) is 0 Å². The summed E-state index contributed by atoms with van der Waals surface area (Å²) in [5.74, 6) is 0. The van der Waals surface area contributed by atoms with E-state index in [0.717, 1.165) is 16.7 Å². The summed E-state index contributed by atoms with van der Waals surface area (Å²) in [5.41, 5.74) is 8.61. The molecule has 1 aromatic carbocycles. The molecule has 0 radical (unpaired) electrons. The summed E-state index contributed by atoms with van der Waals surface area (Å²) in [6.45, 7) is 6.45. The lowest BCUT2D eigenvalue weighted by molar-refractivity contribution is 0.408. The van der Waals surface area contributed by atoms with Gasteiger partial charge in [-0.05, 0) is 32.9 Å². The zero-order valence-corrected chi connectivity index (χ0v) is 8.78. The topological polar surface area (TPSA) is 43.8 Å². The summed E-state index contributed by atoms with van der Waals surface area (Å²) in [6.07, 6.45) is 1.85. The number of rotatable bonds is 0. The van der Waals surface area contributed by atoms with Gasteiger partial charge in [-0.25, -0.2) is 4.98 Å². The predicted molar refractivity (Wildman–Crippen MR) is 59.1 cm³/mol. The van der Waals surface area contributed by atoms with Gasteiger partial charge in [-0.15, -0.1) is 0 Å². The molecule has 14 heavy (non-hydrogen) atoms. The fourth-order valence-electron chi connectivity index (χ4n) is 1.60. The van der Waals surface area contributed by atoms with Crippen molar-refractivity contribution in [1.82, 2.24) is 9.55 Å². The van der Waals surface area contributed by atoms with Gasteiger partial charge in [0.2, 0.25) is 0 Å². The Labute approximate surface area is 83.6 Å². The molecule has 2 aromatic rings. The van der Waals surface area contributed by atoms with Gasteiger partial charge >= 0.3 is 0 Å². The zero-order chi connectivity index (χ0) is 10.3. The molecule has 0 aliphatic rings. The first-order valence-corrected chi connectivity index (χ1v) is 4.72.